The minimum atomic E-state index is -3.85. The molecule has 7 nitrogen and oxygen atoms in total. The van der Waals surface area contributed by atoms with Crippen molar-refractivity contribution >= 4 is 27.3 Å². The Morgan fingerprint density at radius 1 is 1.21 bits per heavy atom. The molecule has 2 aromatic carbocycles. The van der Waals surface area contributed by atoms with Gasteiger partial charge in [-0.15, -0.1) is 0 Å². The van der Waals surface area contributed by atoms with Crippen LogP contribution in [0.2, 0.25) is 5.02 Å². The molecule has 0 unspecified atom stereocenters. The number of hydrogen-bond donors (Lipinski definition) is 1. The second-order valence-corrected chi connectivity index (χ2v) is 7.11. The molecule has 0 aliphatic heterocycles. The molecule has 9 heteroatoms. The van der Waals surface area contributed by atoms with Gasteiger partial charge in [0.2, 0.25) is 10.0 Å². The highest BCUT2D eigenvalue weighted by Gasteiger charge is 2.19. The Bertz CT molecular complexity index is 837. The fourth-order valence-corrected chi connectivity index (χ4v) is 3.07. The Morgan fingerprint density at radius 2 is 1.88 bits per heavy atom. The van der Waals surface area contributed by atoms with Crippen molar-refractivity contribution in [3.05, 3.63) is 63.2 Å². The number of hydrogen-bond acceptors (Lipinski definition) is 5. The maximum absolute atomic E-state index is 12.2. The van der Waals surface area contributed by atoms with E-state index in [9.17, 15) is 18.5 Å². The number of nitrogens with one attached hydrogen (secondary N) is 1. The van der Waals surface area contributed by atoms with E-state index in [4.69, 9.17) is 16.3 Å². The fourth-order valence-electron chi connectivity index (χ4n) is 1.91. The molecule has 128 valence electrons. The van der Waals surface area contributed by atoms with Crippen molar-refractivity contribution in [2.24, 2.45) is 0 Å². The predicted molar refractivity (Wildman–Crippen MR) is 90.0 cm³/mol. The van der Waals surface area contributed by atoms with Crippen molar-refractivity contribution in [2.45, 2.75) is 11.8 Å². The molecule has 2 aromatic rings. The molecule has 0 saturated heterocycles. The normalized spacial score (nSPS) is 11.2. The first-order valence-electron chi connectivity index (χ1n) is 6.93. The molecule has 0 atom stereocenters. The number of nitrogens with zero attached hydrogens (tertiary/aromatic N) is 1. The highest BCUT2D eigenvalue weighted by molar-refractivity contribution is 7.89. The molecule has 0 aliphatic carbocycles. The predicted octanol–water partition coefficient (Wildman–Crippen LogP) is 2.91. The van der Waals surface area contributed by atoms with Gasteiger partial charge in [-0.3, -0.25) is 10.1 Å². The standard InChI is InChI=1S/C15H15ClN2O5S/c1-11-2-7-14(10-15(11)18(19)20)24(21,22)17-8-9-23-13-5-3-12(16)4-6-13/h2-7,10,17H,8-9H2,1H3. The summed E-state index contributed by atoms with van der Waals surface area (Å²) >= 11 is 5.75. The molecule has 0 bridgehead atoms. The van der Waals surface area contributed by atoms with E-state index in [0.29, 0.717) is 16.3 Å². The van der Waals surface area contributed by atoms with Crippen molar-refractivity contribution in [1.82, 2.24) is 4.72 Å². The number of ether oxygens (including phenoxy) is 1. The number of aryl methyl sites for hydroxylation is 1. The first-order valence-corrected chi connectivity index (χ1v) is 8.79. The molecule has 0 amide bonds. The van der Waals surface area contributed by atoms with Crippen molar-refractivity contribution in [1.29, 1.82) is 0 Å². The van der Waals surface area contributed by atoms with Crippen molar-refractivity contribution in [2.75, 3.05) is 13.2 Å². The van der Waals surface area contributed by atoms with Gasteiger partial charge in [0.15, 0.2) is 0 Å². The van der Waals surface area contributed by atoms with Gasteiger partial charge in [-0.25, -0.2) is 13.1 Å². The van der Waals surface area contributed by atoms with Gasteiger partial charge in [-0.05, 0) is 37.3 Å². The van der Waals surface area contributed by atoms with E-state index in [2.05, 4.69) is 4.72 Å². The molecule has 0 fully saturated rings. The number of halogens is 1. The van der Waals surface area contributed by atoms with Gasteiger partial charge in [0.25, 0.3) is 5.69 Å². The van der Waals surface area contributed by atoms with Crippen LogP contribution in [-0.4, -0.2) is 26.5 Å². The van der Waals surface area contributed by atoms with Crippen LogP contribution in [0, 0.1) is 17.0 Å². The summed E-state index contributed by atoms with van der Waals surface area (Å²) in [6.07, 6.45) is 0. The Morgan fingerprint density at radius 3 is 2.50 bits per heavy atom. The summed E-state index contributed by atoms with van der Waals surface area (Å²) in [6.45, 7) is 1.67. The Hall–Kier alpha value is -2.16. The molecule has 0 aromatic heterocycles. The first kappa shape index (κ1) is 18.2. The van der Waals surface area contributed by atoms with Gasteiger partial charge >= 0.3 is 0 Å². The molecule has 0 aliphatic rings. The van der Waals surface area contributed by atoms with Crippen molar-refractivity contribution < 1.29 is 18.1 Å². The molecule has 24 heavy (non-hydrogen) atoms. The lowest BCUT2D eigenvalue weighted by molar-refractivity contribution is -0.385. The zero-order valence-corrected chi connectivity index (χ0v) is 14.3. The average molecular weight is 371 g/mol. The largest absolute Gasteiger partial charge is 0.492 e. The number of benzene rings is 2. The third-order valence-corrected chi connectivity index (χ3v) is 4.87. The third-order valence-electron chi connectivity index (χ3n) is 3.16. The van der Waals surface area contributed by atoms with E-state index in [-0.39, 0.29) is 23.7 Å². The summed E-state index contributed by atoms with van der Waals surface area (Å²) in [5.41, 5.74) is 0.153. The van der Waals surface area contributed by atoms with E-state index in [1.165, 1.54) is 12.1 Å². The van der Waals surface area contributed by atoms with Crippen LogP contribution in [0.4, 0.5) is 5.69 Å². The molecule has 0 radical (unpaired) electrons. The molecule has 0 spiro atoms. The summed E-state index contributed by atoms with van der Waals surface area (Å²) in [4.78, 5) is 10.1. The molecule has 0 heterocycles. The maximum atomic E-state index is 12.2. The van der Waals surface area contributed by atoms with E-state index in [1.807, 2.05) is 0 Å². The first-order chi connectivity index (χ1) is 11.3. The molecular weight excluding hydrogens is 356 g/mol. The van der Waals surface area contributed by atoms with Crippen LogP contribution in [0.1, 0.15) is 5.56 Å². The second-order valence-electron chi connectivity index (χ2n) is 4.91. The van der Waals surface area contributed by atoms with Gasteiger partial charge < -0.3 is 4.74 Å². The van der Waals surface area contributed by atoms with Crippen LogP contribution in [0.3, 0.4) is 0 Å². The maximum Gasteiger partial charge on any atom is 0.273 e. The lowest BCUT2D eigenvalue weighted by Crippen LogP contribution is -2.28. The van der Waals surface area contributed by atoms with Crippen LogP contribution >= 0.6 is 11.6 Å². The summed E-state index contributed by atoms with van der Waals surface area (Å²) in [5.74, 6) is 0.560. The number of nitro groups is 1. The van der Waals surface area contributed by atoms with E-state index in [0.717, 1.165) is 6.07 Å². The van der Waals surface area contributed by atoms with Gasteiger partial charge in [0, 0.05) is 23.2 Å². The Balaban J connectivity index is 1.97. The molecule has 2 rings (SSSR count). The van der Waals surface area contributed by atoms with Gasteiger partial charge in [0.1, 0.15) is 12.4 Å². The van der Waals surface area contributed by atoms with Crippen LogP contribution in [-0.2, 0) is 10.0 Å². The average Bonchev–Trinajstić information content (AvgIpc) is 2.53. The second kappa shape index (κ2) is 7.61. The van der Waals surface area contributed by atoms with E-state index >= 15 is 0 Å². The van der Waals surface area contributed by atoms with Crippen molar-refractivity contribution in [3.63, 3.8) is 0 Å². The van der Waals surface area contributed by atoms with Crippen LogP contribution in [0.15, 0.2) is 47.4 Å². The fraction of sp³-hybridized carbons (Fsp3) is 0.200. The lowest BCUT2D eigenvalue weighted by atomic mass is 10.2. The minimum absolute atomic E-state index is 0.0205. The monoisotopic (exact) mass is 370 g/mol. The van der Waals surface area contributed by atoms with Gasteiger partial charge in [0.05, 0.1) is 9.82 Å². The highest BCUT2D eigenvalue weighted by atomic mass is 35.5. The number of rotatable bonds is 7. The third kappa shape index (κ3) is 4.67. The van der Waals surface area contributed by atoms with Crippen LogP contribution < -0.4 is 9.46 Å². The zero-order valence-electron chi connectivity index (χ0n) is 12.7. The van der Waals surface area contributed by atoms with E-state index < -0.39 is 14.9 Å². The van der Waals surface area contributed by atoms with Crippen LogP contribution in [0.25, 0.3) is 0 Å². The number of sulfonamides is 1. The minimum Gasteiger partial charge on any atom is -0.492 e. The van der Waals surface area contributed by atoms with E-state index in [1.54, 1.807) is 31.2 Å². The molecule has 0 saturated carbocycles. The topological polar surface area (TPSA) is 98.5 Å². The summed E-state index contributed by atoms with van der Waals surface area (Å²) in [7, 11) is -3.85. The lowest BCUT2D eigenvalue weighted by Gasteiger charge is -2.09. The van der Waals surface area contributed by atoms with Gasteiger partial charge in [-0.1, -0.05) is 17.7 Å². The summed E-state index contributed by atoms with van der Waals surface area (Å²) in [6, 6.07) is 10.4. The van der Waals surface area contributed by atoms with Crippen LogP contribution in [0.5, 0.6) is 5.75 Å². The van der Waals surface area contributed by atoms with Crippen molar-refractivity contribution in [3.8, 4) is 5.75 Å². The zero-order chi connectivity index (χ0) is 17.7. The Labute approximate surface area is 144 Å². The molecule has 1 N–H and O–H groups in total. The highest BCUT2D eigenvalue weighted by Crippen LogP contribution is 2.22. The number of nitro benzene ring substituents is 1. The summed E-state index contributed by atoms with van der Waals surface area (Å²) in [5, 5.41) is 11.5. The molecular formula is C15H15ClN2O5S. The van der Waals surface area contributed by atoms with Gasteiger partial charge in [-0.2, -0.15) is 0 Å². The Kier molecular flexibility index (Phi) is 5.76. The SMILES string of the molecule is Cc1ccc(S(=O)(=O)NCCOc2ccc(Cl)cc2)cc1[N+](=O)[O-]. The smallest absolute Gasteiger partial charge is 0.273 e. The summed E-state index contributed by atoms with van der Waals surface area (Å²) < 4.78 is 32.1. The quantitative estimate of drug-likeness (QED) is 0.459.